The minimum atomic E-state index is -3.24. The second-order valence-electron chi connectivity index (χ2n) is 9.32. The number of sulfonamides is 1. The molecule has 1 aliphatic heterocycles. The zero-order valence-corrected chi connectivity index (χ0v) is 20.0. The summed E-state index contributed by atoms with van der Waals surface area (Å²) < 4.78 is 51.9. The Morgan fingerprint density at radius 3 is 2.59 bits per heavy atom. The number of nitrogens with zero attached hydrogens (tertiary/aromatic N) is 4. The lowest BCUT2D eigenvalue weighted by Crippen LogP contribution is -2.42. The highest BCUT2D eigenvalue weighted by molar-refractivity contribution is 7.88. The van der Waals surface area contributed by atoms with E-state index >= 15 is 0 Å². The Labute approximate surface area is 196 Å². The van der Waals surface area contributed by atoms with Crippen LogP contribution in [0.15, 0.2) is 17.1 Å². The molecule has 2 aromatic rings. The van der Waals surface area contributed by atoms with Gasteiger partial charge in [-0.05, 0) is 45.1 Å². The molecule has 1 aliphatic carbocycles. The first kappa shape index (κ1) is 24.7. The van der Waals surface area contributed by atoms with Crippen LogP contribution in [0, 0.1) is 0 Å². The van der Waals surface area contributed by atoms with E-state index < -0.39 is 40.2 Å². The first-order valence-corrected chi connectivity index (χ1v) is 13.2. The number of nitrogens with one attached hydrogen (secondary N) is 2. The van der Waals surface area contributed by atoms with Gasteiger partial charge >= 0.3 is 0 Å². The zero-order valence-electron chi connectivity index (χ0n) is 19.2. The number of rotatable bonds is 7. The number of hydrogen-bond acceptors (Lipinski definition) is 8. The minimum absolute atomic E-state index is 0.00737. The van der Waals surface area contributed by atoms with Crippen LogP contribution in [0.3, 0.4) is 0 Å². The van der Waals surface area contributed by atoms with Crippen LogP contribution in [0.4, 0.5) is 20.4 Å². The van der Waals surface area contributed by atoms with Crippen molar-refractivity contribution in [1.82, 2.24) is 18.8 Å². The van der Waals surface area contributed by atoms with Gasteiger partial charge in [-0.2, -0.15) is 4.98 Å². The van der Waals surface area contributed by atoms with E-state index in [1.54, 1.807) is 6.92 Å². The Balaban J connectivity index is 1.68. The Kier molecular flexibility index (Phi) is 6.80. The molecule has 0 radical (unpaired) electrons. The van der Waals surface area contributed by atoms with Gasteiger partial charge in [0.15, 0.2) is 0 Å². The summed E-state index contributed by atoms with van der Waals surface area (Å²) in [6.07, 6.45) is 3.01. The third-order valence-corrected chi connectivity index (χ3v) is 7.97. The number of fused-ring (bicyclic) bond motifs is 1. The molecular weight excluding hydrogens is 470 g/mol. The molecule has 4 rings (SSSR count). The van der Waals surface area contributed by atoms with Gasteiger partial charge in [0.1, 0.15) is 11.3 Å². The summed E-state index contributed by atoms with van der Waals surface area (Å²) in [5.41, 5.74) is -1.35. The van der Waals surface area contributed by atoms with E-state index in [2.05, 4.69) is 20.6 Å². The molecule has 0 amide bonds. The highest BCUT2D eigenvalue weighted by Gasteiger charge is 2.40. The van der Waals surface area contributed by atoms with Crippen LogP contribution in [-0.2, 0) is 10.0 Å². The quantitative estimate of drug-likeness (QED) is 0.525. The average Bonchev–Trinajstić information content (AvgIpc) is 3.10. The van der Waals surface area contributed by atoms with Gasteiger partial charge in [-0.3, -0.25) is 9.36 Å². The van der Waals surface area contributed by atoms with Crippen LogP contribution >= 0.6 is 0 Å². The fourth-order valence-electron chi connectivity index (χ4n) is 4.85. The predicted molar refractivity (Wildman–Crippen MR) is 125 cm³/mol. The third kappa shape index (κ3) is 5.15. The molecule has 34 heavy (non-hydrogen) atoms. The van der Waals surface area contributed by atoms with Crippen LogP contribution in [0.2, 0.25) is 0 Å². The van der Waals surface area contributed by atoms with Crippen LogP contribution in [0.1, 0.15) is 45.1 Å². The molecule has 1 saturated heterocycles. The summed E-state index contributed by atoms with van der Waals surface area (Å²) in [5, 5.41) is 17.1. The van der Waals surface area contributed by atoms with E-state index in [1.807, 2.05) is 0 Å². The second-order valence-corrected chi connectivity index (χ2v) is 11.3. The second kappa shape index (κ2) is 9.34. The minimum Gasteiger partial charge on any atom is -0.388 e. The van der Waals surface area contributed by atoms with E-state index in [0.29, 0.717) is 49.8 Å². The molecule has 10 nitrogen and oxygen atoms in total. The Bertz CT molecular complexity index is 1210. The molecular formula is C21H30F2N6O4S. The molecule has 2 aromatic heterocycles. The molecule has 0 unspecified atom stereocenters. The fourth-order valence-corrected chi connectivity index (χ4v) is 5.72. The van der Waals surface area contributed by atoms with E-state index in [-0.39, 0.29) is 17.7 Å². The van der Waals surface area contributed by atoms with Crippen molar-refractivity contribution >= 4 is 32.7 Å². The van der Waals surface area contributed by atoms with Crippen molar-refractivity contribution < 1.29 is 22.3 Å². The monoisotopic (exact) mass is 500 g/mol. The Morgan fingerprint density at radius 1 is 1.29 bits per heavy atom. The van der Waals surface area contributed by atoms with Crippen molar-refractivity contribution in [3.63, 3.8) is 0 Å². The molecule has 0 spiro atoms. The topological polar surface area (TPSA) is 129 Å². The van der Waals surface area contributed by atoms with E-state index in [1.165, 1.54) is 27.4 Å². The first-order chi connectivity index (χ1) is 16.0. The van der Waals surface area contributed by atoms with Crippen LogP contribution in [0.25, 0.3) is 11.0 Å². The number of aromatic nitrogens is 3. The van der Waals surface area contributed by atoms with Gasteiger partial charge in [0.25, 0.3) is 12.0 Å². The van der Waals surface area contributed by atoms with Crippen molar-refractivity contribution in [1.29, 1.82) is 0 Å². The summed E-state index contributed by atoms with van der Waals surface area (Å²) >= 11 is 0. The summed E-state index contributed by atoms with van der Waals surface area (Å²) in [5.74, 6) is 0.282. The van der Waals surface area contributed by atoms with E-state index in [9.17, 15) is 27.1 Å². The molecule has 3 heterocycles. The average molecular weight is 501 g/mol. The highest BCUT2D eigenvalue weighted by Crippen LogP contribution is 2.39. The molecule has 2 atom stereocenters. The number of pyridine rings is 1. The smallest absolute Gasteiger partial charge is 0.275 e. The molecule has 3 N–H and O–H groups in total. The number of alkyl halides is 2. The Morgan fingerprint density at radius 2 is 2.00 bits per heavy atom. The van der Waals surface area contributed by atoms with Crippen LogP contribution in [0.5, 0.6) is 0 Å². The number of aliphatic hydroxyl groups is 1. The SMILES string of the molecule is C[C@@]1(O)CCC[C@H]1n1c(=O)c(NCC(F)F)cc2cnc(NC3CCN(S(C)(=O)=O)CC3)nc21. The molecule has 2 aliphatic rings. The summed E-state index contributed by atoms with van der Waals surface area (Å²) in [6, 6.07) is 0.850. The summed E-state index contributed by atoms with van der Waals surface area (Å²) in [4.78, 5) is 22.2. The van der Waals surface area contributed by atoms with Gasteiger partial charge in [0, 0.05) is 30.7 Å². The van der Waals surface area contributed by atoms with Crippen molar-refractivity contribution in [2.24, 2.45) is 0 Å². The number of piperidine rings is 1. The zero-order chi connectivity index (χ0) is 24.7. The van der Waals surface area contributed by atoms with E-state index in [0.717, 1.165) is 6.42 Å². The summed E-state index contributed by atoms with van der Waals surface area (Å²) in [6.45, 7) is 1.77. The van der Waals surface area contributed by atoms with Crippen LogP contribution in [-0.4, -0.2) is 76.3 Å². The lowest BCUT2D eigenvalue weighted by molar-refractivity contribution is 0.0267. The normalized spacial score (nSPS) is 24.7. The van der Waals surface area contributed by atoms with Gasteiger partial charge in [-0.1, -0.05) is 0 Å². The molecule has 0 aromatic carbocycles. The van der Waals surface area contributed by atoms with Crippen molar-refractivity contribution in [3.05, 3.63) is 22.6 Å². The van der Waals surface area contributed by atoms with Crippen molar-refractivity contribution in [2.75, 3.05) is 36.5 Å². The maximum absolute atomic E-state index is 13.3. The van der Waals surface area contributed by atoms with Crippen LogP contribution < -0.4 is 16.2 Å². The standard InChI is InChI=1S/C21H30F2N6O4S/c1-21(31)7-3-4-16(21)29-18-13(10-15(19(29)30)24-12-17(22)23)11-25-20(27-18)26-14-5-8-28(9-6-14)34(2,32)33/h10-11,14,16-17,24,31H,3-9,12H2,1-2H3,(H,25,26,27)/t16-,21-/m1/s1. The van der Waals surface area contributed by atoms with Gasteiger partial charge in [-0.15, -0.1) is 0 Å². The largest absolute Gasteiger partial charge is 0.388 e. The third-order valence-electron chi connectivity index (χ3n) is 6.67. The lowest BCUT2D eigenvalue weighted by atomic mass is 10.00. The molecule has 2 fully saturated rings. The van der Waals surface area contributed by atoms with Gasteiger partial charge in [-0.25, -0.2) is 26.5 Å². The maximum Gasteiger partial charge on any atom is 0.275 e. The predicted octanol–water partition coefficient (Wildman–Crippen LogP) is 1.78. The molecule has 13 heteroatoms. The van der Waals surface area contributed by atoms with Gasteiger partial charge in [0.2, 0.25) is 16.0 Å². The lowest BCUT2D eigenvalue weighted by Gasteiger charge is -2.31. The van der Waals surface area contributed by atoms with Crippen molar-refractivity contribution in [2.45, 2.75) is 63.1 Å². The Hall–Kier alpha value is -2.38. The molecule has 1 saturated carbocycles. The maximum atomic E-state index is 13.3. The summed E-state index contributed by atoms with van der Waals surface area (Å²) in [7, 11) is -3.24. The number of hydrogen-bond donors (Lipinski definition) is 3. The molecule has 0 bridgehead atoms. The highest BCUT2D eigenvalue weighted by atomic mass is 32.2. The fraction of sp³-hybridized carbons (Fsp3) is 0.667. The van der Waals surface area contributed by atoms with Gasteiger partial charge in [0.05, 0.1) is 24.4 Å². The van der Waals surface area contributed by atoms with Crippen molar-refractivity contribution in [3.8, 4) is 0 Å². The number of anilines is 2. The first-order valence-electron chi connectivity index (χ1n) is 11.3. The number of halogens is 2. The van der Waals surface area contributed by atoms with E-state index in [4.69, 9.17) is 0 Å². The molecule has 188 valence electrons. The van der Waals surface area contributed by atoms with Gasteiger partial charge < -0.3 is 15.7 Å².